The summed E-state index contributed by atoms with van der Waals surface area (Å²) in [4.78, 5) is 0. The van der Waals surface area contributed by atoms with Gasteiger partial charge in [-0.15, -0.1) is 0 Å². The fourth-order valence-electron chi connectivity index (χ4n) is 10.8. The predicted octanol–water partition coefficient (Wildman–Crippen LogP) is 8.02. The number of aliphatic hydroxyl groups excluding tert-OH is 1. The molecule has 0 amide bonds. The number of aliphatic hydroxyl groups is 1. The van der Waals surface area contributed by atoms with E-state index in [2.05, 4.69) is 61.5 Å². The van der Waals surface area contributed by atoms with Crippen molar-refractivity contribution in [2.75, 3.05) is 0 Å². The van der Waals surface area contributed by atoms with Crippen molar-refractivity contribution in [2.24, 2.45) is 56.7 Å². The molecule has 1 nitrogen and oxygen atoms in total. The van der Waals surface area contributed by atoms with E-state index < -0.39 is 0 Å². The Morgan fingerprint density at radius 1 is 0.806 bits per heavy atom. The lowest BCUT2D eigenvalue weighted by atomic mass is 9.33. The highest BCUT2D eigenvalue weighted by Crippen LogP contribution is 2.75. The van der Waals surface area contributed by atoms with Gasteiger partial charge in [0.15, 0.2) is 0 Å². The van der Waals surface area contributed by atoms with Crippen molar-refractivity contribution in [1.29, 1.82) is 0 Å². The summed E-state index contributed by atoms with van der Waals surface area (Å²) in [6, 6.07) is 0. The van der Waals surface area contributed by atoms with Crippen LogP contribution in [0.5, 0.6) is 0 Å². The smallest absolute Gasteiger partial charge is 0.0594 e. The lowest BCUT2D eigenvalue weighted by Crippen LogP contribution is -2.64. The van der Waals surface area contributed by atoms with Crippen molar-refractivity contribution < 1.29 is 5.11 Å². The first kappa shape index (κ1) is 22.5. The normalized spacial score (nSPS) is 58.3. The van der Waals surface area contributed by atoms with Gasteiger partial charge >= 0.3 is 0 Å². The van der Waals surface area contributed by atoms with E-state index in [9.17, 15) is 5.11 Å². The molecule has 176 valence electrons. The Bertz CT molecular complexity index is 779. The maximum absolute atomic E-state index is 10.9. The topological polar surface area (TPSA) is 20.2 Å². The summed E-state index contributed by atoms with van der Waals surface area (Å²) < 4.78 is 0. The molecular weight excluding hydrogens is 376 g/mol. The summed E-state index contributed by atoms with van der Waals surface area (Å²) in [7, 11) is 0. The third-order valence-electron chi connectivity index (χ3n) is 13.4. The van der Waals surface area contributed by atoms with Gasteiger partial charge in [-0.2, -0.15) is 0 Å². The maximum Gasteiger partial charge on any atom is 0.0594 e. The van der Waals surface area contributed by atoms with Crippen molar-refractivity contribution in [1.82, 2.24) is 0 Å². The van der Waals surface area contributed by atoms with Crippen LogP contribution in [-0.4, -0.2) is 11.2 Å². The zero-order valence-corrected chi connectivity index (χ0v) is 21.9. The van der Waals surface area contributed by atoms with Crippen LogP contribution in [0.2, 0.25) is 0 Å². The van der Waals surface area contributed by atoms with Crippen molar-refractivity contribution in [3.63, 3.8) is 0 Å². The molecule has 4 saturated carbocycles. The monoisotopic (exact) mass is 426 g/mol. The van der Waals surface area contributed by atoms with E-state index in [4.69, 9.17) is 0 Å². The van der Waals surface area contributed by atoms with Crippen LogP contribution >= 0.6 is 0 Å². The predicted molar refractivity (Wildman–Crippen MR) is 131 cm³/mol. The van der Waals surface area contributed by atoms with E-state index >= 15 is 0 Å². The largest absolute Gasteiger partial charge is 0.393 e. The molecule has 0 aromatic heterocycles. The second-order valence-electron chi connectivity index (χ2n) is 14.7. The molecule has 5 aliphatic rings. The van der Waals surface area contributed by atoms with Crippen molar-refractivity contribution in [2.45, 2.75) is 119 Å². The highest BCUT2D eigenvalue weighted by atomic mass is 16.3. The third-order valence-corrected chi connectivity index (χ3v) is 13.4. The van der Waals surface area contributed by atoms with E-state index in [0.29, 0.717) is 27.6 Å². The molecule has 31 heavy (non-hydrogen) atoms. The Morgan fingerprint density at radius 2 is 1.52 bits per heavy atom. The lowest BCUT2D eigenvalue weighted by Gasteiger charge is -2.71. The molecule has 0 unspecified atom stereocenters. The number of rotatable bonds is 0. The van der Waals surface area contributed by atoms with Gasteiger partial charge in [0.2, 0.25) is 0 Å². The van der Waals surface area contributed by atoms with Crippen LogP contribution in [0.15, 0.2) is 11.6 Å². The van der Waals surface area contributed by atoms with Gasteiger partial charge in [-0.1, -0.05) is 67.0 Å². The summed E-state index contributed by atoms with van der Waals surface area (Å²) in [5, 5.41) is 10.9. The summed E-state index contributed by atoms with van der Waals surface area (Å²) >= 11 is 0. The van der Waals surface area contributed by atoms with Crippen LogP contribution in [0.1, 0.15) is 113 Å². The lowest BCUT2D eigenvalue weighted by molar-refractivity contribution is -0.203. The molecule has 0 bridgehead atoms. The number of hydrogen-bond donors (Lipinski definition) is 1. The Labute approximate surface area is 192 Å². The maximum atomic E-state index is 10.9. The van der Waals surface area contributed by atoms with Gasteiger partial charge < -0.3 is 5.11 Å². The van der Waals surface area contributed by atoms with Crippen LogP contribution < -0.4 is 0 Å². The average molecular weight is 427 g/mol. The average Bonchev–Trinajstić information content (AvgIpc) is 2.69. The molecule has 0 aromatic carbocycles. The van der Waals surface area contributed by atoms with Crippen molar-refractivity contribution in [3.05, 3.63) is 11.6 Å². The molecule has 0 aliphatic heterocycles. The molecular formula is C30H50O. The Kier molecular flexibility index (Phi) is 4.82. The SMILES string of the molecule is C[C@H]1[C@@H](C)CC[C@@]2(C)CC[C@@]3(C)C(=CC[C@H]4[C@]5(C)CC[C@H](O)C(C)(C)[C@@H]5CC[C@]43C)[C@@H]12. The standard InChI is InChI=1S/C30H50O/c1-19-11-14-27(5)17-18-29(7)21(25(27)20(19)2)9-10-23-28(6)15-13-24(31)26(3,4)22(28)12-16-30(23,29)8/h9,19-20,22-25,31H,10-18H2,1-8H3/t19-,20-,22-,23-,24-,25+,27-,28+,29-,30+/m0/s1. The molecule has 0 spiro atoms. The first-order valence-corrected chi connectivity index (χ1v) is 13.7. The molecule has 1 heteroatoms. The van der Waals surface area contributed by atoms with Gasteiger partial charge in [-0.05, 0) is 114 Å². The van der Waals surface area contributed by atoms with Gasteiger partial charge in [0.1, 0.15) is 0 Å². The summed E-state index contributed by atoms with van der Waals surface area (Å²) in [5.74, 6) is 3.90. The van der Waals surface area contributed by atoms with E-state index in [1.54, 1.807) is 0 Å². The van der Waals surface area contributed by atoms with Crippen LogP contribution in [0, 0.1) is 56.7 Å². The minimum absolute atomic E-state index is 0.0533. The van der Waals surface area contributed by atoms with Gasteiger partial charge in [0, 0.05) is 0 Å². The summed E-state index contributed by atoms with van der Waals surface area (Å²) in [6.07, 6.45) is 14.5. The van der Waals surface area contributed by atoms with Crippen LogP contribution in [0.3, 0.4) is 0 Å². The molecule has 0 aromatic rings. The third kappa shape index (κ3) is 2.65. The zero-order valence-electron chi connectivity index (χ0n) is 21.9. The Morgan fingerprint density at radius 3 is 2.23 bits per heavy atom. The van der Waals surface area contributed by atoms with Gasteiger partial charge in [-0.3, -0.25) is 0 Å². The first-order valence-electron chi connectivity index (χ1n) is 13.7. The Balaban J connectivity index is 1.59. The molecule has 10 atom stereocenters. The molecule has 5 rings (SSSR count). The van der Waals surface area contributed by atoms with E-state index in [1.807, 2.05) is 5.57 Å². The van der Waals surface area contributed by atoms with E-state index in [-0.39, 0.29) is 11.5 Å². The van der Waals surface area contributed by atoms with Crippen molar-refractivity contribution >= 4 is 0 Å². The quantitative estimate of drug-likeness (QED) is 0.389. The second kappa shape index (κ2) is 6.64. The van der Waals surface area contributed by atoms with Gasteiger partial charge in [0.05, 0.1) is 6.10 Å². The molecule has 0 saturated heterocycles. The summed E-state index contributed by atoms with van der Waals surface area (Å²) in [5.41, 5.74) is 3.60. The molecule has 4 fully saturated rings. The molecule has 5 aliphatic carbocycles. The van der Waals surface area contributed by atoms with Gasteiger partial charge in [-0.25, -0.2) is 0 Å². The van der Waals surface area contributed by atoms with Crippen LogP contribution in [0.25, 0.3) is 0 Å². The van der Waals surface area contributed by atoms with E-state index in [0.717, 1.165) is 30.1 Å². The molecule has 0 heterocycles. The molecule has 1 N–H and O–H groups in total. The fourth-order valence-corrected chi connectivity index (χ4v) is 10.8. The number of allylic oxidation sites excluding steroid dienone is 2. The number of fused-ring (bicyclic) bond motifs is 7. The second-order valence-corrected chi connectivity index (χ2v) is 14.7. The van der Waals surface area contributed by atoms with E-state index in [1.165, 1.54) is 51.4 Å². The first-order chi connectivity index (χ1) is 14.3. The minimum atomic E-state index is -0.125. The van der Waals surface area contributed by atoms with Crippen molar-refractivity contribution in [3.8, 4) is 0 Å². The highest BCUT2D eigenvalue weighted by molar-refractivity contribution is 5.33. The highest BCUT2D eigenvalue weighted by Gasteiger charge is 2.67. The van der Waals surface area contributed by atoms with Crippen LogP contribution in [-0.2, 0) is 0 Å². The fraction of sp³-hybridized carbons (Fsp3) is 0.933. The minimum Gasteiger partial charge on any atom is -0.393 e. The summed E-state index contributed by atoms with van der Waals surface area (Å²) in [6.45, 7) is 20.5. The molecule has 0 radical (unpaired) electrons. The number of hydrogen-bond acceptors (Lipinski definition) is 1. The van der Waals surface area contributed by atoms with Crippen LogP contribution in [0.4, 0.5) is 0 Å². The Hall–Kier alpha value is -0.300. The zero-order chi connectivity index (χ0) is 22.6. The van der Waals surface area contributed by atoms with Gasteiger partial charge in [0.25, 0.3) is 0 Å².